The summed E-state index contributed by atoms with van der Waals surface area (Å²) in [6.07, 6.45) is 0.943. The van der Waals surface area contributed by atoms with Gasteiger partial charge >= 0.3 is 0 Å². The Morgan fingerprint density at radius 3 is 2.56 bits per heavy atom. The standard InChI is InChI=1S/C18H21N3O3S/c1-13-10-15-4-2-3-5-17(15)21(13)12-18(22)20-11-14-6-8-16(9-7-14)25(19,23)24/h2-9,13H,10-12H2,1H3,(H,20,22)(H2,19,23,24)/t13-/m0/s1. The highest BCUT2D eigenvalue weighted by atomic mass is 32.2. The van der Waals surface area contributed by atoms with Crippen molar-refractivity contribution in [2.75, 3.05) is 11.4 Å². The van der Waals surface area contributed by atoms with Gasteiger partial charge in [0.15, 0.2) is 0 Å². The summed E-state index contributed by atoms with van der Waals surface area (Å²) in [6.45, 7) is 2.75. The van der Waals surface area contributed by atoms with Crippen molar-refractivity contribution >= 4 is 21.6 Å². The number of hydrogen-bond acceptors (Lipinski definition) is 4. The number of amides is 1. The Bertz CT molecular complexity index is 879. The van der Waals surface area contributed by atoms with Crippen LogP contribution in [0.5, 0.6) is 0 Å². The fourth-order valence-electron chi connectivity index (χ4n) is 3.08. The maximum absolute atomic E-state index is 12.3. The van der Waals surface area contributed by atoms with Gasteiger partial charge in [0.25, 0.3) is 0 Å². The van der Waals surface area contributed by atoms with Crippen LogP contribution in [0.15, 0.2) is 53.4 Å². The third kappa shape index (κ3) is 4.00. The number of anilines is 1. The quantitative estimate of drug-likeness (QED) is 0.844. The Morgan fingerprint density at radius 1 is 1.20 bits per heavy atom. The fraction of sp³-hybridized carbons (Fsp3) is 0.278. The minimum Gasteiger partial charge on any atom is -0.359 e. The molecule has 7 heteroatoms. The van der Waals surface area contributed by atoms with Crippen molar-refractivity contribution in [1.29, 1.82) is 0 Å². The van der Waals surface area contributed by atoms with E-state index < -0.39 is 10.0 Å². The summed E-state index contributed by atoms with van der Waals surface area (Å²) in [5.41, 5.74) is 3.19. The summed E-state index contributed by atoms with van der Waals surface area (Å²) in [5.74, 6) is -0.0703. The first-order valence-electron chi connectivity index (χ1n) is 8.07. The Morgan fingerprint density at radius 2 is 1.88 bits per heavy atom. The van der Waals surface area contributed by atoms with Crippen molar-refractivity contribution < 1.29 is 13.2 Å². The zero-order valence-electron chi connectivity index (χ0n) is 14.0. The highest BCUT2D eigenvalue weighted by Gasteiger charge is 2.26. The lowest BCUT2D eigenvalue weighted by molar-refractivity contribution is -0.120. The maximum atomic E-state index is 12.3. The van der Waals surface area contributed by atoms with E-state index in [4.69, 9.17) is 5.14 Å². The molecular weight excluding hydrogens is 338 g/mol. The molecule has 1 atom stereocenters. The lowest BCUT2D eigenvalue weighted by Crippen LogP contribution is -2.39. The van der Waals surface area contributed by atoms with Gasteiger partial charge < -0.3 is 10.2 Å². The number of primary sulfonamides is 1. The lowest BCUT2D eigenvalue weighted by atomic mass is 10.1. The Labute approximate surface area is 147 Å². The first-order valence-corrected chi connectivity index (χ1v) is 9.62. The van der Waals surface area contributed by atoms with Crippen LogP contribution in [0.25, 0.3) is 0 Å². The molecule has 3 rings (SSSR count). The normalized spacial score (nSPS) is 16.6. The fourth-order valence-corrected chi connectivity index (χ4v) is 3.59. The molecule has 0 unspecified atom stereocenters. The summed E-state index contributed by atoms with van der Waals surface area (Å²) in [7, 11) is -3.70. The van der Waals surface area contributed by atoms with Crippen molar-refractivity contribution in [2.45, 2.75) is 30.8 Å². The number of rotatable bonds is 5. The predicted octanol–water partition coefficient (Wildman–Crippen LogP) is 1.40. The Balaban J connectivity index is 1.59. The minimum absolute atomic E-state index is 0.0603. The van der Waals surface area contributed by atoms with Gasteiger partial charge in [-0.25, -0.2) is 13.6 Å². The van der Waals surface area contributed by atoms with E-state index >= 15 is 0 Å². The van der Waals surface area contributed by atoms with Gasteiger partial charge in [0.2, 0.25) is 15.9 Å². The number of carbonyl (C=O) groups excluding carboxylic acids is 1. The number of nitrogens with zero attached hydrogens (tertiary/aromatic N) is 1. The van der Waals surface area contributed by atoms with Gasteiger partial charge in [-0.15, -0.1) is 0 Å². The number of nitrogens with two attached hydrogens (primary N) is 1. The molecule has 6 nitrogen and oxygen atoms in total. The molecule has 0 radical (unpaired) electrons. The van der Waals surface area contributed by atoms with E-state index in [0.717, 1.165) is 17.7 Å². The molecule has 1 aliphatic rings. The number of carbonyl (C=O) groups is 1. The average molecular weight is 359 g/mol. The van der Waals surface area contributed by atoms with Crippen molar-refractivity contribution in [3.8, 4) is 0 Å². The van der Waals surface area contributed by atoms with Gasteiger partial charge in [0.05, 0.1) is 11.4 Å². The van der Waals surface area contributed by atoms with Gasteiger partial charge in [-0.3, -0.25) is 4.79 Å². The molecule has 0 spiro atoms. The summed E-state index contributed by atoms with van der Waals surface area (Å²) >= 11 is 0. The first kappa shape index (κ1) is 17.4. The van der Waals surface area contributed by atoms with E-state index in [-0.39, 0.29) is 16.8 Å². The van der Waals surface area contributed by atoms with Crippen LogP contribution in [0.4, 0.5) is 5.69 Å². The van der Waals surface area contributed by atoms with Gasteiger partial charge in [-0.2, -0.15) is 0 Å². The van der Waals surface area contributed by atoms with E-state index in [0.29, 0.717) is 13.1 Å². The number of para-hydroxylation sites is 1. The second-order valence-corrected chi connectivity index (χ2v) is 7.84. The highest BCUT2D eigenvalue weighted by Crippen LogP contribution is 2.31. The second kappa shape index (κ2) is 6.85. The largest absolute Gasteiger partial charge is 0.359 e. The summed E-state index contributed by atoms with van der Waals surface area (Å²) in [6, 6.07) is 14.6. The average Bonchev–Trinajstić information content (AvgIpc) is 2.88. The number of fused-ring (bicyclic) bond motifs is 1. The summed E-state index contributed by atoms with van der Waals surface area (Å²) in [5, 5.41) is 7.94. The van der Waals surface area contributed by atoms with Crippen molar-refractivity contribution in [1.82, 2.24) is 5.32 Å². The van der Waals surface area contributed by atoms with Crippen LogP contribution in [0.3, 0.4) is 0 Å². The topological polar surface area (TPSA) is 92.5 Å². The van der Waals surface area contributed by atoms with E-state index in [1.807, 2.05) is 18.2 Å². The van der Waals surface area contributed by atoms with Crippen LogP contribution in [0.2, 0.25) is 0 Å². The first-order chi connectivity index (χ1) is 11.8. The zero-order chi connectivity index (χ0) is 18.0. The van der Waals surface area contributed by atoms with Crippen molar-refractivity contribution in [3.63, 3.8) is 0 Å². The van der Waals surface area contributed by atoms with E-state index in [1.165, 1.54) is 17.7 Å². The van der Waals surface area contributed by atoms with Crippen LogP contribution in [-0.4, -0.2) is 26.9 Å². The second-order valence-electron chi connectivity index (χ2n) is 6.28. The lowest BCUT2D eigenvalue weighted by Gasteiger charge is -2.24. The van der Waals surface area contributed by atoms with Gasteiger partial charge in [0, 0.05) is 18.3 Å². The number of sulfonamides is 1. The highest BCUT2D eigenvalue weighted by molar-refractivity contribution is 7.89. The predicted molar refractivity (Wildman–Crippen MR) is 96.6 cm³/mol. The SMILES string of the molecule is C[C@H]1Cc2ccccc2N1CC(=O)NCc1ccc(S(N)(=O)=O)cc1. The molecule has 0 saturated carbocycles. The molecule has 132 valence electrons. The molecule has 0 aromatic heterocycles. The molecule has 0 bridgehead atoms. The Hall–Kier alpha value is -2.38. The molecule has 3 N–H and O–H groups in total. The van der Waals surface area contributed by atoms with Crippen LogP contribution in [0, 0.1) is 0 Å². The van der Waals surface area contributed by atoms with Gasteiger partial charge in [-0.1, -0.05) is 30.3 Å². The summed E-state index contributed by atoms with van der Waals surface area (Å²) in [4.78, 5) is 14.5. The van der Waals surface area contributed by atoms with E-state index in [2.05, 4.69) is 23.2 Å². The molecule has 0 saturated heterocycles. The third-order valence-electron chi connectivity index (χ3n) is 4.40. The number of nitrogens with one attached hydrogen (secondary N) is 1. The molecule has 1 amide bonds. The monoisotopic (exact) mass is 359 g/mol. The molecule has 1 heterocycles. The zero-order valence-corrected chi connectivity index (χ0v) is 14.8. The maximum Gasteiger partial charge on any atom is 0.239 e. The van der Waals surface area contributed by atoms with E-state index in [9.17, 15) is 13.2 Å². The van der Waals surface area contributed by atoms with Crippen molar-refractivity contribution in [2.24, 2.45) is 5.14 Å². The van der Waals surface area contributed by atoms with E-state index in [1.54, 1.807) is 12.1 Å². The molecule has 2 aromatic carbocycles. The molecule has 1 aliphatic heterocycles. The van der Waals surface area contributed by atoms with Crippen LogP contribution >= 0.6 is 0 Å². The van der Waals surface area contributed by atoms with Crippen LogP contribution < -0.4 is 15.4 Å². The summed E-state index contributed by atoms with van der Waals surface area (Å²) < 4.78 is 22.5. The smallest absolute Gasteiger partial charge is 0.239 e. The Kier molecular flexibility index (Phi) is 4.78. The third-order valence-corrected chi connectivity index (χ3v) is 5.33. The minimum atomic E-state index is -3.70. The van der Waals surface area contributed by atoms with Crippen LogP contribution in [-0.2, 0) is 27.8 Å². The molecular formula is C18H21N3O3S. The molecule has 0 aliphatic carbocycles. The van der Waals surface area contributed by atoms with Gasteiger partial charge in [0.1, 0.15) is 0 Å². The molecule has 25 heavy (non-hydrogen) atoms. The molecule has 2 aromatic rings. The van der Waals surface area contributed by atoms with Crippen LogP contribution in [0.1, 0.15) is 18.1 Å². The van der Waals surface area contributed by atoms with Crippen molar-refractivity contribution in [3.05, 3.63) is 59.7 Å². The number of hydrogen-bond donors (Lipinski definition) is 2. The molecule has 0 fully saturated rings. The number of benzene rings is 2. The van der Waals surface area contributed by atoms with Gasteiger partial charge in [-0.05, 0) is 42.7 Å².